The number of pyridine rings is 2. The number of hydrogen-bond donors (Lipinski definition) is 1. The molecule has 11 heteroatoms. The van der Waals surface area contributed by atoms with Crippen LogP contribution in [0.4, 0.5) is 21.7 Å². The number of rotatable bonds is 6. The van der Waals surface area contributed by atoms with E-state index in [1.165, 1.54) is 36.7 Å². The highest BCUT2D eigenvalue weighted by Gasteiger charge is 2.13. The van der Waals surface area contributed by atoms with Crippen molar-refractivity contribution >= 4 is 27.2 Å². The molecule has 3 rings (SSSR count). The predicted molar refractivity (Wildman–Crippen MR) is 98.0 cm³/mol. The van der Waals surface area contributed by atoms with Crippen LogP contribution in [0.3, 0.4) is 0 Å². The van der Waals surface area contributed by atoms with Crippen LogP contribution in [0.25, 0.3) is 0 Å². The molecule has 3 aromatic rings. The average Bonchev–Trinajstić information content (AvgIpc) is 2.63. The summed E-state index contributed by atoms with van der Waals surface area (Å²) in [4.78, 5) is 18.1. The third-order valence-electron chi connectivity index (χ3n) is 3.51. The smallest absolute Gasteiger partial charge is 0.272 e. The van der Waals surface area contributed by atoms with Gasteiger partial charge in [0.2, 0.25) is 0 Å². The SMILES string of the molecule is CS(=O)(=O)c1ccc(Nc2cc(Oc3ccc([N+](=O)[O-])cc3F)ccn2)nc1. The number of aromatic nitrogens is 2. The summed E-state index contributed by atoms with van der Waals surface area (Å²) in [5.74, 6) is -0.159. The van der Waals surface area contributed by atoms with Crippen molar-refractivity contribution in [1.82, 2.24) is 9.97 Å². The highest BCUT2D eigenvalue weighted by atomic mass is 32.2. The van der Waals surface area contributed by atoms with Gasteiger partial charge in [-0.25, -0.2) is 22.8 Å². The van der Waals surface area contributed by atoms with Gasteiger partial charge in [-0.1, -0.05) is 0 Å². The molecule has 2 heterocycles. The minimum Gasteiger partial charge on any atom is -0.454 e. The van der Waals surface area contributed by atoms with Gasteiger partial charge in [0, 0.05) is 30.8 Å². The fourth-order valence-electron chi connectivity index (χ4n) is 2.16. The third-order valence-corrected chi connectivity index (χ3v) is 4.60. The molecule has 0 unspecified atom stereocenters. The molecule has 0 aliphatic heterocycles. The first kappa shape index (κ1) is 19.2. The van der Waals surface area contributed by atoms with E-state index in [1.54, 1.807) is 0 Å². The maximum atomic E-state index is 14.0. The number of anilines is 2. The molecule has 0 aliphatic carbocycles. The number of non-ortho nitro benzene ring substituents is 1. The van der Waals surface area contributed by atoms with Gasteiger partial charge in [0.1, 0.15) is 17.4 Å². The second-order valence-electron chi connectivity index (χ2n) is 5.63. The normalized spacial score (nSPS) is 11.1. The number of sulfone groups is 1. The standard InChI is InChI=1S/C17H13FN4O5S/c1-28(25,26)13-3-5-16(20-10-13)21-17-9-12(6-7-19-17)27-15-4-2-11(22(23)24)8-14(15)18/h2-10H,1H3,(H,19,20,21). The van der Waals surface area contributed by atoms with E-state index >= 15 is 0 Å². The van der Waals surface area contributed by atoms with Crippen LogP contribution in [0.1, 0.15) is 0 Å². The number of halogens is 1. The summed E-state index contributed by atoms with van der Waals surface area (Å²) in [6, 6.07) is 8.87. The number of benzene rings is 1. The molecule has 0 spiro atoms. The summed E-state index contributed by atoms with van der Waals surface area (Å²) in [7, 11) is -3.35. The highest BCUT2D eigenvalue weighted by Crippen LogP contribution is 2.28. The molecule has 0 atom stereocenters. The Morgan fingerprint density at radius 1 is 1.11 bits per heavy atom. The van der Waals surface area contributed by atoms with E-state index in [4.69, 9.17) is 4.74 Å². The van der Waals surface area contributed by atoms with Gasteiger partial charge in [-0.3, -0.25) is 10.1 Å². The van der Waals surface area contributed by atoms with Crippen molar-refractivity contribution in [3.8, 4) is 11.5 Å². The Morgan fingerprint density at radius 3 is 2.50 bits per heavy atom. The molecule has 1 aromatic carbocycles. The number of nitro benzene ring substituents is 1. The summed E-state index contributed by atoms with van der Waals surface area (Å²) in [6.45, 7) is 0. The van der Waals surface area contributed by atoms with Crippen molar-refractivity contribution in [2.45, 2.75) is 4.90 Å². The fraction of sp³-hybridized carbons (Fsp3) is 0.0588. The van der Waals surface area contributed by atoms with Crippen molar-refractivity contribution < 1.29 is 22.5 Å². The first-order chi connectivity index (χ1) is 13.2. The maximum absolute atomic E-state index is 14.0. The minimum absolute atomic E-state index is 0.0803. The molecule has 0 radical (unpaired) electrons. The quantitative estimate of drug-likeness (QED) is 0.489. The van der Waals surface area contributed by atoms with Gasteiger partial charge in [0.25, 0.3) is 5.69 Å². The van der Waals surface area contributed by atoms with Crippen molar-refractivity contribution in [3.05, 3.63) is 70.8 Å². The molecule has 0 aliphatic rings. The van der Waals surface area contributed by atoms with E-state index in [1.807, 2.05) is 0 Å². The van der Waals surface area contributed by atoms with Crippen LogP contribution in [0.5, 0.6) is 11.5 Å². The van der Waals surface area contributed by atoms with Crippen molar-refractivity contribution in [1.29, 1.82) is 0 Å². The van der Waals surface area contributed by atoms with Gasteiger partial charge < -0.3 is 10.1 Å². The van der Waals surface area contributed by atoms with Gasteiger partial charge in [-0.15, -0.1) is 0 Å². The zero-order valence-electron chi connectivity index (χ0n) is 14.4. The largest absolute Gasteiger partial charge is 0.454 e. The van der Waals surface area contributed by atoms with Gasteiger partial charge in [0.15, 0.2) is 21.4 Å². The van der Waals surface area contributed by atoms with Crippen molar-refractivity contribution in [2.24, 2.45) is 0 Å². The highest BCUT2D eigenvalue weighted by molar-refractivity contribution is 7.90. The second-order valence-corrected chi connectivity index (χ2v) is 7.64. The minimum atomic E-state index is -3.35. The number of hydrogen-bond acceptors (Lipinski definition) is 8. The van der Waals surface area contributed by atoms with E-state index in [0.29, 0.717) is 11.6 Å². The number of nitrogens with one attached hydrogen (secondary N) is 1. The Balaban J connectivity index is 1.76. The van der Waals surface area contributed by atoms with Crippen molar-refractivity contribution in [2.75, 3.05) is 11.6 Å². The summed E-state index contributed by atoms with van der Waals surface area (Å²) in [5.41, 5.74) is -0.384. The predicted octanol–water partition coefficient (Wildman–Crippen LogP) is 3.46. The Bertz CT molecular complexity index is 1140. The van der Waals surface area contributed by atoms with Crippen LogP contribution in [0, 0.1) is 15.9 Å². The van der Waals surface area contributed by atoms with E-state index in [-0.39, 0.29) is 22.1 Å². The number of nitrogens with zero attached hydrogens (tertiary/aromatic N) is 3. The average molecular weight is 404 g/mol. The molecule has 28 heavy (non-hydrogen) atoms. The van der Waals surface area contributed by atoms with Gasteiger partial charge >= 0.3 is 0 Å². The fourth-order valence-corrected chi connectivity index (χ4v) is 2.72. The van der Waals surface area contributed by atoms with Gasteiger partial charge in [-0.2, -0.15) is 0 Å². The lowest BCUT2D eigenvalue weighted by Crippen LogP contribution is -2.00. The molecule has 2 aromatic heterocycles. The molecule has 0 fully saturated rings. The van der Waals surface area contributed by atoms with Crippen LogP contribution >= 0.6 is 0 Å². The molecular weight excluding hydrogens is 391 g/mol. The Labute approximate surface area is 158 Å². The Morgan fingerprint density at radius 2 is 1.89 bits per heavy atom. The van der Waals surface area contributed by atoms with Crippen molar-refractivity contribution in [3.63, 3.8) is 0 Å². The molecule has 144 valence electrons. The molecule has 0 amide bonds. The molecule has 9 nitrogen and oxygen atoms in total. The summed E-state index contributed by atoms with van der Waals surface area (Å²) >= 11 is 0. The van der Waals surface area contributed by atoms with Crippen LogP contribution in [-0.4, -0.2) is 29.6 Å². The molecule has 1 N–H and O–H groups in total. The maximum Gasteiger partial charge on any atom is 0.272 e. The van der Waals surface area contributed by atoms with Crippen LogP contribution in [-0.2, 0) is 9.84 Å². The third kappa shape index (κ3) is 4.57. The molecule has 0 saturated heterocycles. The zero-order chi connectivity index (χ0) is 20.3. The van der Waals surface area contributed by atoms with Crippen LogP contribution < -0.4 is 10.1 Å². The van der Waals surface area contributed by atoms with E-state index < -0.39 is 20.6 Å². The van der Waals surface area contributed by atoms with E-state index in [0.717, 1.165) is 24.5 Å². The van der Waals surface area contributed by atoms with E-state index in [9.17, 15) is 22.9 Å². The number of nitro groups is 1. The monoisotopic (exact) mass is 404 g/mol. The summed E-state index contributed by atoms with van der Waals surface area (Å²) in [5, 5.41) is 13.5. The summed E-state index contributed by atoms with van der Waals surface area (Å²) in [6.07, 6.45) is 3.70. The topological polar surface area (TPSA) is 124 Å². The first-order valence-electron chi connectivity index (χ1n) is 7.73. The lowest BCUT2D eigenvalue weighted by Gasteiger charge is -2.09. The lowest BCUT2D eigenvalue weighted by atomic mass is 10.3. The van der Waals surface area contributed by atoms with Gasteiger partial charge in [-0.05, 0) is 24.3 Å². The Hall–Kier alpha value is -3.60. The molecular formula is C17H13FN4O5S. The Kier molecular flexibility index (Phi) is 5.18. The first-order valence-corrected chi connectivity index (χ1v) is 9.62. The lowest BCUT2D eigenvalue weighted by molar-refractivity contribution is -0.385. The van der Waals surface area contributed by atoms with Crippen LogP contribution in [0.2, 0.25) is 0 Å². The molecule has 0 saturated carbocycles. The van der Waals surface area contributed by atoms with Crippen LogP contribution in [0.15, 0.2) is 59.8 Å². The summed E-state index contributed by atoms with van der Waals surface area (Å²) < 4.78 is 42.3. The van der Waals surface area contributed by atoms with E-state index in [2.05, 4.69) is 15.3 Å². The zero-order valence-corrected chi connectivity index (χ0v) is 15.2. The molecule has 0 bridgehead atoms. The second kappa shape index (κ2) is 7.56. The number of ether oxygens (including phenoxy) is 1. The van der Waals surface area contributed by atoms with Gasteiger partial charge in [0.05, 0.1) is 15.9 Å².